The second kappa shape index (κ2) is 7.79. The Labute approximate surface area is 168 Å². The van der Waals surface area contributed by atoms with Crippen molar-refractivity contribution in [1.29, 1.82) is 0 Å². The highest BCUT2D eigenvalue weighted by Gasteiger charge is 2.13. The standard InChI is InChI=1S/C22H22N4O3/c1-4-28-19-11-7-8-16-12-20(29-22(16)19)14(2)24-25-21(27)13-26-15(3)23-17-9-5-6-10-18(17)26/h5-12H,4,13H2,1-3H3,(H,25,27)/b24-14-. The van der Waals surface area contributed by atoms with Crippen molar-refractivity contribution in [3.8, 4) is 5.75 Å². The van der Waals surface area contributed by atoms with Gasteiger partial charge in [-0.05, 0) is 45.0 Å². The molecule has 29 heavy (non-hydrogen) atoms. The number of nitrogens with zero attached hydrogens (tertiary/aromatic N) is 3. The topological polar surface area (TPSA) is 81.6 Å². The number of hydrogen-bond acceptors (Lipinski definition) is 5. The predicted octanol–water partition coefficient (Wildman–Crippen LogP) is 4.03. The number of carbonyl (C=O) groups is 1. The third kappa shape index (κ3) is 3.71. The molecule has 0 aliphatic heterocycles. The summed E-state index contributed by atoms with van der Waals surface area (Å²) in [5, 5.41) is 5.13. The minimum atomic E-state index is -0.235. The lowest BCUT2D eigenvalue weighted by atomic mass is 10.2. The van der Waals surface area contributed by atoms with Crippen molar-refractivity contribution in [3.05, 3.63) is 60.1 Å². The average molecular weight is 390 g/mol. The van der Waals surface area contributed by atoms with E-state index < -0.39 is 0 Å². The number of carbonyl (C=O) groups excluding carboxylic acids is 1. The highest BCUT2D eigenvalue weighted by Crippen LogP contribution is 2.29. The van der Waals surface area contributed by atoms with Crippen LogP contribution in [0, 0.1) is 6.92 Å². The molecule has 7 nitrogen and oxygen atoms in total. The maximum Gasteiger partial charge on any atom is 0.260 e. The van der Waals surface area contributed by atoms with E-state index in [1.165, 1.54) is 0 Å². The summed E-state index contributed by atoms with van der Waals surface area (Å²) < 4.78 is 13.4. The first kappa shape index (κ1) is 18.7. The summed E-state index contributed by atoms with van der Waals surface area (Å²) in [6.07, 6.45) is 0. The molecule has 1 amide bonds. The van der Waals surface area contributed by atoms with Crippen LogP contribution in [0.5, 0.6) is 5.75 Å². The first-order chi connectivity index (χ1) is 14.1. The summed E-state index contributed by atoms with van der Waals surface area (Å²) in [6.45, 7) is 6.29. The van der Waals surface area contributed by atoms with Gasteiger partial charge in [-0.15, -0.1) is 0 Å². The van der Waals surface area contributed by atoms with Gasteiger partial charge >= 0.3 is 0 Å². The molecule has 4 aromatic rings. The molecule has 2 heterocycles. The van der Waals surface area contributed by atoms with E-state index in [2.05, 4.69) is 15.5 Å². The van der Waals surface area contributed by atoms with Crippen LogP contribution >= 0.6 is 0 Å². The molecule has 0 fully saturated rings. The Morgan fingerprint density at radius 2 is 2.07 bits per heavy atom. The molecule has 0 bridgehead atoms. The quantitative estimate of drug-likeness (QED) is 0.398. The monoisotopic (exact) mass is 390 g/mol. The van der Waals surface area contributed by atoms with E-state index in [0.717, 1.165) is 22.2 Å². The van der Waals surface area contributed by atoms with Gasteiger partial charge in [0.1, 0.15) is 18.1 Å². The molecule has 0 unspecified atom stereocenters. The molecule has 148 valence electrons. The highest BCUT2D eigenvalue weighted by molar-refractivity contribution is 6.01. The van der Waals surface area contributed by atoms with Gasteiger partial charge in [0, 0.05) is 5.39 Å². The van der Waals surface area contributed by atoms with Crippen LogP contribution in [0.1, 0.15) is 25.4 Å². The number of rotatable bonds is 6. The molecule has 4 rings (SSSR count). The Hall–Kier alpha value is -3.61. The molecule has 0 saturated carbocycles. The van der Waals surface area contributed by atoms with E-state index in [1.54, 1.807) is 6.92 Å². The van der Waals surface area contributed by atoms with Crippen molar-refractivity contribution in [2.45, 2.75) is 27.3 Å². The Bertz CT molecular complexity index is 1220. The number of benzene rings is 2. The Balaban J connectivity index is 1.51. The van der Waals surface area contributed by atoms with E-state index in [9.17, 15) is 4.79 Å². The molecule has 7 heteroatoms. The Morgan fingerprint density at radius 1 is 1.24 bits per heavy atom. The van der Waals surface area contributed by atoms with Crippen LogP contribution in [0.4, 0.5) is 0 Å². The molecule has 0 radical (unpaired) electrons. The first-order valence-corrected chi connectivity index (χ1v) is 9.47. The zero-order chi connectivity index (χ0) is 20.4. The average Bonchev–Trinajstić information content (AvgIpc) is 3.29. The van der Waals surface area contributed by atoms with Crippen molar-refractivity contribution in [2.24, 2.45) is 5.10 Å². The summed E-state index contributed by atoms with van der Waals surface area (Å²) in [7, 11) is 0. The maximum atomic E-state index is 12.4. The van der Waals surface area contributed by atoms with E-state index in [0.29, 0.717) is 29.4 Å². The summed E-state index contributed by atoms with van der Waals surface area (Å²) in [5.74, 6) is 1.82. The molecule has 0 atom stereocenters. The van der Waals surface area contributed by atoms with E-state index in [1.807, 2.05) is 66.9 Å². The molecular weight excluding hydrogens is 368 g/mol. The fourth-order valence-corrected chi connectivity index (χ4v) is 3.26. The molecule has 0 spiro atoms. The second-order valence-corrected chi connectivity index (χ2v) is 6.68. The Morgan fingerprint density at radius 3 is 2.90 bits per heavy atom. The van der Waals surface area contributed by atoms with Crippen molar-refractivity contribution < 1.29 is 13.9 Å². The summed E-state index contributed by atoms with van der Waals surface area (Å²) in [5.41, 5.74) is 5.63. The summed E-state index contributed by atoms with van der Waals surface area (Å²) in [4.78, 5) is 16.9. The van der Waals surface area contributed by atoms with Crippen LogP contribution in [0.25, 0.3) is 22.0 Å². The van der Waals surface area contributed by atoms with Crippen LogP contribution in [-0.2, 0) is 11.3 Å². The van der Waals surface area contributed by atoms with E-state index in [-0.39, 0.29) is 12.5 Å². The number of hydrogen-bond donors (Lipinski definition) is 1. The van der Waals surface area contributed by atoms with Crippen LogP contribution < -0.4 is 10.2 Å². The van der Waals surface area contributed by atoms with E-state index in [4.69, 9.17) is 9.15 Å². The molecule has 2 aromatic heterocycles. The Kier molecular flexibility index (Phi) is 5.03. The normalized spacial score (nSPS) is 11.9. The van der Waals surface area contributed by atoms with Crippen LogP contribution in [0.15, 0.2) is 58.0 Å². The van der Waals surface area contributed by atoms with Crippen molar-refractivity contribution in [1.82, 2.24) is 15.0 Å². The number of para-hydroxylation sites is 3. The van der Waals surface area contributed by atoms with Crippen LogP contribution in [-0.4, -0.2) is 27.8 Å². The second-order valence-electron chi connectivity index (χ2n) is 6.68. The largest absolute Gasteiger partial charge is 0.490 e. The smallest absolute Gasteiger partial charge is 0.260 e. The molecule has 0 aliphatic rings. The van der Waals surface area contributed by atoms with Crippen molar-refractivity contribution in [2.75, 3.05) is 6.61 Å². The van der Waals surface area contributed by atoms with E-state index >= 15 is 0 Å². The molecule has 2 aromatic carbocycles. The SMILES string of the molecule is CCOc1cccc2cc(/C(C)=N\NC(=O)Cn3c(C)nc4ccccc43)oc12. The van der Waals surface area contributed by atoms with Gasteiger partial charge in [0.2, 0.25) is 0 Å². The predicted molar refractivity (Wildman–Crippen MR) is 112 cm³/mol. The van der Waals surface area contributed by atoms with Gasteiger partial charge in [0.15, 0.2) is 17.1 Å². The van der Waals surface area contributed by atoms with Crippen LogP contribution in [0.2, 0.25) is 0 Å². The zero-order valence-corrected chi connectivity index (χ0v) is 16.6. The van der Waals surface area contributed by atoms with Crippen molar-refractivity contribution in [3.63, 3.8) is 0 Å². The molecular formula is C22H22N4O3. The number of imidazole rings is 1. The van der Waals surface area contributed by atoms with Gasteiger partial charge in [0.05, 0.1) is 17.6 Å². The fraction of sp³-hybridized carbons (Fsp3) is 0.227. The van der Waals surface area contributed by atoms with Gasteiger partial charge in [-0.1, -0.05) is 24.3 Å². The third-order valence-corrected chi connectivity index (χ3v) is 4.66. The summed E-state index contributed by atoms with van der Waals surface area (Å²) in [6, 6.07) is 15.3. The fourth-order valence-electron chi connectivity index (χ4n) is 3.26. The molecule has 1 N–H and O–H groups in total. The molecule has 0 aliphatic carbocycles. The lowest BCUT2D eigenvalue weighted by Crippen LogP contribution is -2.24. The number of amides is 1. The maximum absolute atomic E-state index is 12.4. The lowest BCUT2D eigenvalue weighted by molar-refractivity contribution is -0.121. The van der Waals surface area contributed by atoms with Gasteiger partial charge in [-0.3, -0.25) is 4.79 Å². The van der Waals surface area contributed by atoms with Gasteiger partial charge in [-0.25, -0.2) is 10.4 Å². The lowest BCUT2D eigenvalue weighted by Gasteiger charge is -2.06. The first-order valence-electron chi connectivity index (χ1n) is 9.47. The highest BCUT2D eigenvalue weighted by atomic mass is 16.5. The summed E-state index contributed by atoms with van der Waals surface area (Å²) >= 11 is 0. The van der Waals surface area contributed by atoms with Gasteiger partial charge in [0.25, 0.3) is 5.91 Å². The molecule has 0 saturated heterocycles. The van der Waals surface area contributed by atoms with Crippen molar-refractivity contribution >= 4 is 33.6 Å². The zero-order valence-electron chi connectivity index (χ0n) is 16.6. The third-order valence-electron chi connectivity index (χ3n) is 4.66. The van der Waals surface area contributed by atoms with Gasteiger partial charge < -0.3 is 13.7 Å². The van der Waals surface area contributed by atoms with Crippen LogP contribution in [0.3, 0.4) is 0 Å². The number of nitrogens with one attached hydrogen (secondary N) is 1. The number of furan rings is 1. The number of fused-ring (bicyclic) bond motifs is 2. The number of hydrazone groups is 1. The number of aromatic nitrogens is 2. The number of aryl methyl sites for hydroxylation is 1. The minimum Gasteiger partial charge on any atom is -0.490 e. The minimum absolute atomic E-state index is 0.137. The number of ether oxygens (including phenoxy) is 1. The van der Waals surface area contributed by atoms with Gasteiger partial charge in [-0.2, -0.15) is 5.10 Å².